The SMILES string of the molecule is COc1cccc(C2CNCCN2CC2CN=C3c4ccccc4N=C(SC)N32)c1. The molecule has 156 valence electrons. The monoisotopic (exact) mass is 421 g/mol. The van der Waals surface area contributed by atoms with Crippen LogP contribution in [0, 0.1) is 0 Å². The van der Waals surface area contributed by atoms with E-state index < -0.39 is 0 Å². The highest BCUT2D eigenvalue weighted by molar-refractivity contribution is 8.13. The van der Waals surface area contributed by atoms with Crippen molar-refractivity contribution in [1.82, 2.24) is 15.1 Å². The van der Waals surface area contributed by atoms with Gasteiger partial charge in [0.25, 0.3) is 0 Å². The average Bonchev–Trinajstić information content (AvgIpc) is 3.23. The molecule has 0 aliphatic carbocycles. The first-order valence-electron chi connectivity index (χ1n) is 10.4. The Morgan fingerprint density at radius 2 is 2.10 bits per heavy atom. The number of nitrogens with one attached hydrogen (secondary N) is 1. The van der Waals surface area contributed by atoms with Gasteiger partial charge in [-0.15, -0.1) is 0 Å². The number of benzene rings is 2. The molecule has 0 spiro atoms. The van der Waals surface area contributed by atoms with Crippen LogP contribution in [0.3, 0.4) is 0 Å². The summed E-state index contributed by atoms with van der Waals surface area (Å²) in [6.07, 6.45) is 2.10. The molecule has 2 unspecified atom stereocenters. The highest BCUT2D eigenvalue weighted by atomic mass is 32.2. The summed E-state index contributed by atoms with van der Waals surface area (Å²) in [5, 5.41) is 4.61. The molecule has 1 fully saturated rings. The lowest BCUT2D eigenvalue weighted by molar-refractivity contribution is 0.140. The molecule has 1 N–H and O–H groups in total. The second kappa shape index (κ2) is 8.41. The van der Waals surface area contributed by atoms with Crippen molar-refractivity contribution in [2.24, 2.45) is 9.98 Å². The van der Waals surface area contributed by atoms with Crippen LogP contribution in [0.5, 0.6) is 5.75 Å². The van der Waals surface area contributed by atoms with Crippen LogP contribution in [-0.2, 0) is 0 Å². The number of thioether (sulfide) groups is 1. The van der Waals surface area contributed by atoms with Gasteiger partial charge in [0, 0.05) is 37.8 Å². The molecule has 3 aliphatic rings. The number of aliphatic imine (C=N–C) groups is 2. The van der Waals surface area contributed by atoms with Crippen LogP contribution in [-0.4, -0.2) is 72.9 Å². The van der Waals surface area contributed by atoms with Gasteiger partial charge < -0.3 is 10.1 Å². The van der Waals surface area contributed by atoms with Crippen molar-refractivity contribution in [3.8, 4) is 5.75 Å². The third kappa shape index (κ3) is 3.51. The number of rotatable bonds is 4. The molecule has 2 atom stereocenters. The summed E-state index contributed by atoms with van der Waals surface area (Å²) in [7, 11) is 1.73. The third-order valence-electron chi connectivity index (χ3n) is 6.07. The zero-order valence-electron chi connectivity index (χ0n) is 17.4. The molecule has 0 bridgehead atoms. The van der Waals surface area contributed by atoms with Gasteiger partial charge in [0.2, 0.25) is 0 Å². The van der Waals surface area contributed by atoms with E-state index in [4.69, 9.17) is 14.7 Å². The van der Waals surface area contributed by atoms with Crippen molar-refractivity contribution < 1.29 is 4.74 Å². The average molecular weight is 422 g/mol. The van der Waals surface area contributed by atoms with Crippen molar-refractivity contribution in [3.05, 3.63) is 59.7 Å². The van der Waals surface area contributed by atoms with Gasteiger partial charge in [-0.3, -0.25) is 14.8 Å². The predicted octanol–water partition coefficient (Wildman–Crippen LogP) is 3.14. The fraction of sp³-hybridized carbons (Fsp3) is 0.391. The molecule has 1 saturated heterocycles. The lowest BCUT2D eigenvalue weighted by Gasteiger charge is -2.40. The minimum Gasteiger partial charge on any atom is -0.497 e. The topological polar surface area (TPSA) is 52.5 Å². The van der Waals surface area contributed by atoms with Crippen LogP contribution in [0.25, 0.3) is 0 Å². The van der Waals surface area contributed by atoms with Crippen molar-refractivity contribution in [2.75, 3.05) is 46.1 Å². The lowest BCUT2D eigenvalue weighted by Crippen LogP contribution is -2.53. The Morgan fingerprint density at radius 1 is 1.20 bits per heavy atom. The number of hydrogen-bond acceptors (Lipinski definition) is 7. The number of ether oxygens (including phenoxy) is 1. The summed E-state index contributed by atoms with van der Waals surface area (Å²) >= 11 is 1.70. The molecule has 0 saturated carbocycles. The van der Waals surface area contributed by atoms with E-state index in [0.29, 0.717) is 12.1 Å². The van der Waals surface area contributed by atoms with Gasteiger partial charge in [0.1, 0.15) is 11.6 Å². The molecule has 6 nitrogen and oxygen atoms in total. The smallest absolute Gasteiger partial charge is 0.170 e. The Kier molecular flexibility index (Phi) is 5.50. The van der Waals surface area contributed by atoms with Crippen molar-refractivity contribution in [3.63, 3.8) is 0 Å². The number of amidine groups is 2. The summed E-state index contributed by atoms with van der Waals surface area (Å²) in [6, 6.07) is 17.4. The van der Waals surface area contributed by atoms with E-state index in [-0.39, 0.29) is 0 Å². The maximum Gasteiger partial charge on any atom is 0.170 e. The van der Waals surface area contributed by atoms with E-state index in [1.807, 2.05) is 12.1 Å². The number of para-hydroxylation sites is 1. The number of piperazine rings is 1. The Labute approximate surface area is 182 Å². The maximum atomic E-state index is 5.46. The van der Waals surface area contributed by atoms with Crippen LogP contribution in [0.1, 0.15) is 17.2 Å². The summed E-state index contributed by atoms with van der Waals surface area (Å²) in [6.45, 7) is 4.73. The first-order chi connectivity index (χ1) is 14.8. The van der Waals surface area contributed by atoms with E-state index in [0.717, 1.165) is 60.7 Å². The molecule has 7 heteroatoms. The summed E-state index contributed by atoms with van der Waals surface area (Å²) in [5.41, 5.74) is 3.46. The second-order valence-corrected chi connectivity index (χ2v) is 8.57. The summed E-state index contributed by atoms with van der Waals surface area (Å²) < 4.78 is 5.46. The normalized spacial score (nSPS) is 23.5. The quantitative estimate of drug-likeness (QED) is 0.822. The first kappa shape index (κ1) is 19.6. The van der Waals surface area contributed by atoms with Crippen molar-refractivity contribution >= 4 is 28.5 Å². The standard InChI is InChI=1S/C23H27N5OS/c1-29-18-7-5-6-16(12-18)21-14-24-10-11-27(21)15-17-13-25-22-19-8-3-4-9-20(19)26-23(30-2)28(17)22/h3-9,12,17,21,24H,10-11,13-15H2,1-2H3. The van der Waals surface area contributed by atoms with Crippen LogP contribution in [0.15, 0.2) is 58.5 Å². The maximum absolute atomic E-state index is 5.46. The molecule has 0 radical (unpaired) electrons. The van der Waals surface area contributed by atoms with E-state index in [2.05, 4.69) is 57.8 Å². The van der Waals surface area contributed by atoms with Gasteiger partial charge in [-0.25, -0.2) is 4.99 Å². The predicted molar refractivity (Wildman–Crippen MR) is 124 cm³/mol. The molecule has 0 amide bonds. The minimum atomic E-state index is 0.297. The van der Waals surface area contributed by atoms with Gasteiger partial charge in [0.15, 0.2) is 5.17 Å². The molecule has 2 aromatic rings. The van der Waals surface area contributed by atoms with E-state index in [1.165, 1.54) is 5.56 Å². The molecule has 3 heterocycles. The van der Waals surface area contributed by atoms with Crippen LogP contribution in [0.2, 0.25) is 0 Å². The zero-order valence-corrected chi connectivity index (χ0v) is 18.2. The Bertz CT molecular complexity index is 991. The van der Waals surface area contributed by atoms with Gasteiger partial charge in [-0.2, -0.15) is 0 Å². The van der Waals surface area contributed by atoms with Gasteiger partial charge >= 0.3 is 0 Å². The fourth-order valence-corrected chi connectivity index (χ4v) is 5.22. The molecular formula is C23H27N5OS. The largest absolute Gasteiger partial charge is 0.497 e. The molecule has 5 rings (SSSR count). The van der Waals surface area contributed by atoms with Crippen LogP contribution < -0.4 is 10.1 Å². The summed E-state index contributed by atoms with van der Waals surface area (Å²) in [5.74, 6) is 1.98. The van der Waals surface area contributed by atoms with Gasteiger partial charge in [-0.05, 0) is 36.1 Å². The molecular weight excluding hydrogens is 394 g/mol. The first-order valence-corrected chi connectivity index (χ1v) is 11.7. The Balaban J connectivity index is 1.40. The Morgan fingerprint density at radius 3 is 2.97 bits per heavy atom. The third-order valence-corrected chi connectivity index (χ3v) is 6.73. The molecule has 30 heavy (non-hydrogen) atoms. The molecule has 0 aromatic heterocycles. The van der Waals surface area contributed by atoms with Crippen molar-refractivity contribution in [2.45, 2.75) is 12.1 Å². The second-order valence-electron chi connectivity index (χ2n) is 7.80. The van der Waals surface area contributed by atoms with Gasteiger partial charge in [-0.1, -0.05) is 36.0 Å². The van der Waals surface area contributed by atoms with Crippen LogP contribution >= 0.6 is 11.8 Å². The number of hydrogen-bond donors (Lipinski definition) is 1. The Hall–Kier alpha value is -2.35. The van der Waals surface area contributed by atoms with E-state index in [1.54, 1.807) is 18.9 Å². The van der Waals surface area contributed by atoms with Gasteiger partial charge in [0.05, 0.1) is 25.4 Å². The van der Waals surface area contributed by atoms with Crippen molar-refractivity contribution in [1.29, 1.82) is 0 Å². The highest BCUT2D eigenvalue weighted by Crippen LogP contribution is 2.34. The van der Waals surface area contributed by atoms with Crippen LogP contribution in [0.4, 0.5) is 5.69 Å². The molecule has 3 aliphatic heterocycles. The summed E-state index contributed by atoms with van der Waals surface area (Å²) in [4.78, 5) is 14.8. The number of methoxy groups -OCH3 is 1. The molecule has 2 aromatic carbocycles. The van der Waals surface area contributed by atoms with E-state index in [9.17, 15) is 0 Å². The number of fused-ring (bicyclic) bond motifs is 3. The lowest BCUT2D eigenvalue weighted by atomic mass is 10.0. The highest BCUT2D eigenvalue weighted by Gasteiger charge is 2.38. The number of nitrogens with zero attached hydrogens (tertiary/aromatic N) is 4. The fourth-order valence-electron chi connectivity index (χ4n) is 4.60. The minimum absolute atomic E-state index is 0.297. The zero-order chi connectivity index (χ0) is 20.5. The van der Waals surface area contributed by atoms with E-state index >= 15 is 0 Å².